The number of rotatable bonds is 5. The van der Waals surface area contributed by atoms with E-state index in [1.807, 2.05) is 24.4 Å². The first-order valence-electron chi connectivity index (χ1n) is 11.6. The summed E-state index contributed by atoms with van der Waals surface area (Å²) in [5, 5.41) is 11.5. The van der Waals surface area contributed by atoms with E-state index in [0.717, 1.165) is 67.3 Å². The zero-order valence-corrected chi connectivity index (χ0v) is 19.7. The Morgan fingerprint density at radius 1 is 1.06 bits per heavy atom. The number of hydrogen-bond acceptors (Lipinski definition) is 6. The second kappa shape index (κ2) is 9.75. The lowest BCUT2D eigenvalue weighted by atomic mass is 9.95. The quantitative estimate of drug-likeness (QED) is 0.580. The summed E-state index contributed by atoms with van der Waals surface area (Å²) in [6, 6.07) is 12.0. The molecule has 3 aromatic rings. The molecule has 2 aliphatic rings. The predicted octanol–water partition coefficient (Wildman–Crippen LogP) is 4.82. The van der Waals surface area contributed by atoms with Crippen LogP contribution in [0.2, 0.25) is 5.02 Å². The van der Waals surface area contributed by atoms with E-state index < -0.39 is 0 Å². The molecule has 1 aromatic heterocycles. The van der Waals surface area contributed by atoms with Gasteiger partial charge >= 0.3 is 0 Å². The molecule has 0 amide bonds. The van der Waals surface area contributed by atoms with Gasteiger partial charge in [-0.3, -0.25) is 9.88 Å². The Balaban J connectivity index is 1.38. The molecule has 0 saturated carbocycles. The van der Waals surface area contributed by atoms with Crippen molar-refractivity contribution in [1.29, 1.82) is 0 Å². The fraction of sp³-hybridized carbons (Fsp3) is 0.423. The van der Waals surface area contributed by atoms with E-state index in [4.69, 9.17) is 21.1 Å². The lowest BCUT2D eigenvalue weighted by molar-refractivity contribution is 0.0289. The monoisotopic (exact) mass is 467 g/mol. The normalized spacial score (nSPS) is 18.1. The van der Waals surface area contributed by atoms with Crippen LogP contribution >= 0.6 is 11.6 Å². The van der Waals surface area contributed by atoms with Crippen molar-refractivity contribution < 1.29 is 14.6 Å². The summed E-state index contributed by atoms with van der Waals surface area (Å²) in [6.45, 7) is 7.13. The number of phenolic OH excluding ortho intramolecular Hbond substituents is 1. The number of phenols is 1. The van der Waals surface area contributed by atoms with Gasteiger partial charge in [-0.15, -0.1) is 0 Å². The van der Waals surface area contributed by atoms with Crippen LogP contribution in [0.15, 0.2) is 42.6 Å². The van der Waals surface area contributed by atoms with Crippen molar-refractivity contribution in [3.8, 4) is 22.6 Å². The largest absolute Gasteiger partial charge is 0.503 e. The lowest BCUT2D eigenvalue weighted by Crippen LogP contribution is -2.43. The summed E-state index contributed by atoms with van der Waals surface area (Å²) in [5.41, 5.74) is 4.11. The van der Waals surface area contributed by atoms with Gasteiger partial charge in [-0.25, -0.2) is 0 Å². The molecule has 0 atom stereocenters. The van der Waals surface area contributed by atoms with Crippen LogP contribution in [0.1, 0.15) is 12.8 Å². The van der Waals surface area contributed by atoms with Crippen molar-refractivity contribution in [2.45, 2.75) is 12.8 Å². The van der Waals surface area contributed by atoms with Gasteiger partial charge in [0.2, 0.25) is 0 Å². The summed E-state index contributed by atoms with van der Waals surface area (Å²) in [5.74, 6) is 1.08. The third-order valence-electron chi connectivity index (χ3n) is 6.88. The maximum Gasteiger partial charge on any atom is 0.176 e. The molecule has 5 rings (SSSR count). The summed E-state index contributed by atoms with van der Waals surface area (Å²) < 4.78 is 10.8. The van der Waals surface area contributed by atoms with Crippen LogP contribution in [-0.2, 0) is 4.74 Å². The zero-order valence-electron chi connectivity index (χ0n) is 19.0. The number of nitrogens with zero attached hydrogens (tertiary/aromatic N) is 3. The average molecular weight is 468 g/mol. The number of morpholine rings is 1. The molecule has 2 fully saturated rings. The van der Waals surface area contributed by atoms with E-state index >= 15 is 0 Å². The maximum absolute atomic E-state index is 10.1. The molecule has 7 heteroatoms. The fourth-order valence-electron chi connectivity index (χ4n) is 4.99. The predicted molar refractivity (Wildman–Crippen MR) is 133 cm³/mol. The van der Waals surface area contributed by atoms with Crippen molar-refractivity contribution in [3.63, 3.8) is 0 Å². The molecule has 0 spiro atoms. The van der Waals surface area contributed by atoms with E-state index in [1.54, 1.807) is 6.07 Å². The minimum Gasteiger partial charge on any atom is -0.503 e. The number of anilines is 1. The Labute approximate surface area is 199 Å². The van der Waals surface area contributed by atoms with Crippen molar-refractivity contribution in [1.82, 2.24) is 9.88 Å². The van der Waals surface area contributed by atoms with Crippen LogP contribution in [0.25, 0.3) is 22.0 Å². The molecule has 2 saturated heterocycles. The van der Waals surface area contributed by atoms with E-state index in [0.29, 0.717) is 5.75 Å². The van der Waals surface area contributed by atoms with Crippen LogP contribution in [0.4, 0.5) is 5.69 Å². The Morgan fingerprint density at radius 3 is 2.61 bits per heavy atom. The molecule has 0 unspecified atom stereocenters. The van der Waals surface area contributed by atoms with Gasteiger partial charge in [0.1, 0.15) is 0 Å². The van der Waals surface area contributed by atoms with Crippen molar-refractivity contribution in [2.75, 3.05) is 57.9 Å². The molecule has 0 aliphatic carbocycles. The zero-order chi connectivity index (χ0) is 22.8. The van der Waals surface area contributed by atoms with Crippen LogP contribution in [0.5, 0.6) is 11.5 Å². The standard InChI is InChI=1S/C26H30ClN3O3/c1-32-25-16-20(15-22(27)26(25)31)19-2-3-23-21(14-19)24(4-7-28-23)30-8-5-18(6-9-30)17-29-10-12-33-13-11-29/h2-4,7,14-16,18,31H,5-6,8-13,17H2,1H3. The SMILES string of the molecule is COc1cc(-c2ccc3nccc(N4CCC(CN5CCOCC5)CC4)c3c2)cc(Cl)c1O. The van der Waals surface area contributed by atoms with Crippen molar-refractivity contribution >= 4 is 28.2 Å². The highest BCUT2D eigenvalue weighted by molar-refractivity contribution is 6.32. The van der Waals surface area contributed by atoms with Crippen molar-refractivity contribution in [3.05, 3.63) is 47.6 Å². The van der Waals surface area contributed by atoms with Crippen LogP contribution in [0.3, 0.4) is 0 Å². The molecule has 6 nitrogen and oxygen atoms in total. The maximum atomic E-state index is 10.1. The number of aromatic hydroxyl groups is 1. The number of piperidine rings is 1. The lowest BCUT2D eigenvalue weighted by Gasteiger charge is -2.37. The van der Waals surface area contributed by atoms with Gasteiger partial charge in [-0.05, 0) is 60.2 Å². The molecule has 174 valence electrons. The number of methoxy groups -OCH3 is 1. The first-order valence-corrected chi connectivity index (χ1v) is 12.0. The number of fused-ring (bicyclic) bond motifs is 1. The van der Waals surface area contributed by atoms with Gasteiger partial charge < -0.3 is 19.5 Å². The van der Waals surface area contributed by atoms with Crippen LogP contribution in [-0.4, -0.2) is 68.0 Å². The molecule has 2 aliphatic heterocycles. The van der Waals surface area contributed by atoms with E-state index in [2.05, 4.69) is 26.9 Å². The van der Waals surface area contributed by atoms with E-state index in [1.165, 1.54) is 32.2 Å². The first kappa shape index (κ1) is 22.3. The third-order valence-corrected chi connectivity index (χ3v) is 7.16. The topological polar surface area (TPSA) is 58.1 Å². The number of ether oxygens (including phenoxy) is 2. The molecular formula is C26H30ClN3O3. The van der Waals surface area contributed by atoms with E-state index in [-0.39, 0.29) is 10.8 Å². The summed E-state index contributed by atoms with van der Waals surface area (Å²) in [6.07, 6.45) is 4.30. The Kier molecular flexibility index (Phi) is 6.58. The van der Waals surface area contributed by atoms with Crippen molar-refractivity contribution in [2.24, 2.45) is 5.92 Å². The highest BCUT2D eigenvalue weighted by Gasteiger charge is 2.23. The number of hydrogen-bond donors (Lipinski definition) is 1. The second-order valence-corrected chi connectivity index (χ2v) is 9.32. The van der Waals surface area contributed by atoms with Crippen LogP contribution in [0, 0.1) is 5.92 Å². The summed E-state index contributed by atoms with van der Waals surface area (Å²) >= 11 is 6.24. The Morgan fingerprint density at radius 2 is 1.85 bits per heavy atom. The van der Waals surface area contributed by atoms with Gasteiger partial charge in [-0.1, -0.05) is 17.7 Å². The molecule has 0 bridgehead atoms. The first-order chi connectivity index (χ1) is 16.1. The Hall–Kier alpha value is -2.54. The van der Waals surface area contributed by atoms with Crippen LogP contribution < -0.4 is 9.64 Å². The number of aromatic nitrogens is 1. The minimum absolute atomic E-state index is 0.0361. The van der Waals surface area contributed by atoms with Gasteiger partial charge in [0.15, 0.2) is 11.5 Å². The molecular weight excluding hydrogens is 438 g/mol. The highest BCUT2D eigenvalue weighted by Crippen LogP contribution is 2.39. The molecule has 2 aromatic carbocycles. The van der Waals surface area contributed by atoms with Gasteiger partial charge in [-0.2, -0.15) is 0 Å². The molecule has 0 radical (unpaired) electrons. The van der Waals surface area contributed by atoms with E-state index in [9.17, 15) is 5.11 Å². The average Bonchev–Trinajstić information content (AvgIpc) is 2.86. The van der Waals surface area contributed by atoms with Gasteiger partial charge in [0.25, 0.3) is 0 Å². The fourth-order valence-corrected chi connectivity index (χ4v) is 5.20. The smallest absolute Gasteiger partial charge is 0.176 e. The summed E-state index contributed by atoms with van der Waals surface area (Å²) in [7, 11) is 1.53. The summed E-state index contributed by atoms with van der Waals surface area (Å²) in [4.78, 5) is 9.64. The number of pyridine rings is 1. The number of benzene rings is 2. The molecule has 3 heterocycles. The third kappa shape index (κ3) is 4.74. The second-order valence-electron chi connectivity index (χ2n) is 8.91. The van der Waals surface area contributed by atoms with Gasteiger partial charge in [0, 0.05) is 50.0 Å². The Bertz CT molecular complexity index is 1130. The van der Waals surface area contributed by atoms with Gasteiger partial charge in [0.05, 0.1) is 30.9 Å². The molecule has 1 N–H and O–H groups in total. The number of halogens is 1. The highest BCUT2D eigenvalue weighted by atomic mass is 35.5. The molecule has 33 heavy (non-hydrogen) atoms. The minimum atomic E-state index is -0.0361.